The van der Waals surface area contributed by atoms with E-state index in [1.165, 1.54) is 19.2 Å². The summed E-state index contributed by atoms with van der Waals surface area (Å²) in [6.45, 7) is 1.44. The molecule has 5 heteroatoms. The fourth-order valence-electron chi connectivity index (χ4n) is 2.39. The van der Waals surface area contributed by atoms with Crippen LogP contribution in [-0.4, -0.2) is 39.4 Å². The first-order valence-corrected chi connectivity index (χ1v) is 6.62. The van der Waals surface area contributed by atoms with E-state index in [2.05, 4.69) is 15.3 Å². The highest BCUT2D eigenvalue weighted by atomic mass is 16.2. The largest absolute Gasteiger partial charge is 0.335 e. The Morgan fingerprint density at radius 1 is 1.39 bits per heavy atom. The Kier molecular flexibility index (Phi) is 3.23. The van der Waals surface area contributed by atoms with E-state index in [1.807, 2.05) is 11.0 Å². The van der Waals surface area contributed by atoms with Gasteiger partial charge in [0.1, 0.15) is 6.33 Å². The lowest BCUT2D eigenvalue weighted by atomic mass is 10.0. The highest BCUT2D eigenvalue weighted by molar-refractivity contribution is 5.82. The van der Waals surface area contributed by atoms with Crippen molar-refractivity contribution in [2.24, 2.45) is 0 Å². The minimum Gasteiger partial charge on any atom is -0.335 e. The van der Waals surface area contributed by atoms with E-state index in [1.54, 1.807) is 6.20 Å². The SMILES string of the molecule is O=C1C(NC2CC2)CCCN1Cc1ccncn1. The van der Waals surface area contributed by atoms with E-state index >= 15 is 0 Å². The van der Waals surface area contributed by atoms with E-state index in [4.69, 9.17) is 0 Å². The summed E-state index contributed by atoms with van der Waals surface area (Å²) < 4.78 is 0. The third kappa shape index (κ3) is 2.67. The van der Waals surface area contributed by atoms with Crippen molar-refractivity contribution in [3.05, 3.63) is 24.3 Å². The summed E-state index contributed by atoms with van der Waals surface area (Å²) in [5.41, 5.74) is 0.908. The van der Waals surface area contributed by atoms with Crippen LogP contribution in [0.3, 0.4) is 0 Å². The van der Waals surface area contributed by atoms with Gasteiger partial charge in [-0.3, -0.25) is 4.79 Å². The van der Waals surface area contributed by atoms with Crippen LogP contribution in [0.15, 0.2) is 18.6 Å². The number of hydrogen-bond donors (Lipinski definition) is 1. The Bertz CT molecular complexity index is 418. The maximum Gasteiger partial charge on any atom is 0.240 e. The van der Waals surface area contributed by atoms with Crippen molar-refractivity contribution in [1.82, 2.24) is 20.2 Å². The standard InChI is InChI=1S/C13H18N4O/c18-13-12(16-10-3-4-10)2-1-7-17(13)8-11-5-6-14-9-15-11/h5-6,9-10,12,16H,1-4,7-8H2. The van der Waals surface area contributed by atoms with Crippen molar-refractivity contribution >= 4 is 5.91 Å². The Hall–Kier alpha value is -1.49. The maximum atomic E-state index is 12.3. The van der Waals surface area contributed by atoms with Crippen molar-refractivity contribution < 1.29 is 4.79 Å². The first-order chi connectivity index (χ1) is 8.83. The van der Waals surface area contributed by atoms with Gasteiger partial charge in [0, 0.05) is 18.8 Å². The van der Waals surface area contributed by atoms with E-state index in [-0.39, 0.29) is 11.9 Å². The van der Waals surface area contributed by atoms with Gasteiger partial charge < -0.3 is 10.2 Å². The molecule has 1 aromatic rings. The Morgan fingerprint density at radius 2 is 2.28 bits per heavy atom. The number of piperidine rings is 1. The summed E-state index contributed by atoms with van der Waals surface area (Å²) in [5, 5.41) is 3.43. The van der Waals surface area contributed by atoms with Crippen LogP contribution >= 0.6 is 0 Å². The van der Waals surface area contributed by atoms with Crippen LogP contribution in [0.1, 0.15) is 31.4 Å². The molecule has 0 bridgehead atoms. The van der Waals surface area contributed by atoms with Crippen molar-refractivity contribution in [3.63, 3.8) is 0 Å². The molecular formula is C13H18N4O. The molecule has 1 aromatic heterocycles. The molecule has 2 aliphatic rings. The van der Waals surface area contributed by atoms with Gasteiger partial charge in [-0.1, -0.05) is 0 Å². The molecule has 1 amide bonds. The molecule has 18 heavy (non-hydrogen) atoms. The van der Waals surface area contributed by atoms with Gasteiger partial charge >= 0.3 is 0 Å². The molecular weight excluding hydrogens is 228 g/mol. The fraction of sp³-hybridized carbons (Fsp3) is 0.615. The summed E-state index contributed by atoms with van der Waals surface area (Å²) >= 11 is 0. The van der Waals surface area contributed by atoms with Gasteiger partial charge in [-0.15, -0.1) is 0 Å². The number of aromatic nitrogens is 2. The van der Waals surface area contributed by atoms with E-state index < -0.39 is 0 Å². The third-order valence-electron chi connectivity index (χ3n) is 3.54. The molecule has 0 radical (unpaired) electrons. The topological polar surface area (TPSA) is 58.1 Å². The average molecular weight is 246 g/mol. The van der Waals surface area contributed by atoms with Gasteiger partial charge in [0.15, 0.2) is 0 Å². The van der Waals surface area contributed by atoms with Crippen molar-refractivity contribution in [2.45, 2.75) is 44.3 Å². The van der Waals surface area contributed by atoms with Crippen LogP contribution < -0.4 is 5.32 Å². The monoisotopic (exact) mass is 246 g/mol. The van der Waals surface area contributed by atoms with Crippen molar-refractivity contribution in [1.29, 1.82) is 0 Å². The van der Waals surface area contributed by atoms with Crippen LogP contribution in [0.4, 0.5) is 0 Å². The molecule has 2 fully saturated rings. The summed E-state index contributed by atoms with van der Waals surface area (Å²) in [7, 11) is 0. The lowest BCUT2D eigenvalue weighted by molar-refractivity contribution is -0.136. The Balaban J connectivity index is 1.62. The molecule has 1 unspecified atom stereocenters. The molecule has 0 aromatic carbocycles. The molecule has 1 aliphatic heterocycles. The lowest BCUT2D eigenvalue weighted by Gasteiger charge is -2.32. The molecule has 5 nitrogen and oxygen atoms in total. The van der Waals surface area contributed by atoms with Crippen LogP contribution in [0.5, 0.6) is 0 Å². The van der Waals surface area contributed by atoms with Crippen LogP contribution in [0, 0.1) is 0 Å². The number of hydrogen-bond acceptors (Lipinski definition) is 4. The van der Waals surface area contributed by atoms with Gasteiger partial charge in [0.25, 0.3) is 0 Å². The van der Waals surface area contributed by atoms with Crippen molar-refractivity contribution in [3.8, 4) is 0 Å². The first-order valence-electron chi connectivity index (χ1n) is 6.62. The van der Waals surface area contributed by atoms with E-state index in [0.29, 0.717) is 12.6 Å². The van der Waals surface area contributed by atoms with Gasteiger partial charge in [0.2, 0.25) is 5.91 Å². The number of likely N-dealkylation sites (tertiary alicyclic amines) is 1. The fourth-order valence-corrected chi connectivity index (χ4v) is 2.39. The normalized spacial score (nSPS) is 24.3. The molecule has 1 saturated carbocycles. The second kappa shape index (κ2) is 5.02. The highest BCUT2D eigenvalue weighted by Crippen LogP contribution is 2.22. The number of rotatable bonds is 4. The average Bonchev–Trinajstić information content (AvgIpc) is 3.20. The molecule has 1 aliphatic carbocycles. The Morgan fingerprint density at radius 3 is 3.00 bits per heavy atom. The van der Waals surface area contributed by atoms with Crippen LogP contribution in [0.2, 0.25) is 0 Å². The molecule has 2 heterocycles. The van der Waals surface area contributed by atoms with E-state index in [0.717, 1.165) is 25.1 Å². The molecule has 96 valence electrons. The second-order valence-electron chi connectivity index (χ2n) is 5.10. The molecule has 0 spiro atoms. The summed E-state index contributed by atoms with van der Waals surface area (Å²) in [6, 6.07) is 2.47. The Labute approximate surface area is 107 Å². The second-order valence-corrected chi connectivity index (χ2v) is 5.10. The number of carbonyl (C=O) groups is 1. The lowest BCUT2D eigenvalue weighted by Crippen LogP contribution is -2.50. The molecule has 1 saturated heterocycles. The zero-order valence-electron chi connectivity index (χ0n) is 10.4. The maximum absolute atomic E-state index is 12.3. The smallest absolute Gasteiger partial charge is 0.240 e. The van der Waals surface area contributed by atoms with Crippen LogP contribution in [0.25, 0.3) is 0 Å². The molecule has 3 rings (SSSR count). The van der Waals surface area contributed by atoms with Gasteiger partial charge in [-0.05, 0) is 31.7 Å². The molecule has 1 N–H and O–H groups in total. The van der Waals surface area contributed by atoms with Crippen LogP contribution in [-0.2, 0) is 11.3 Å². The zero-order valence-corrected chi connectivity index (χ0v) is 10.4. The zero-order chi connectivity index (χ0) is 12.4. The number of carbonyl (C=O) groups excluding carboxylic acids is 1. The predicted octanol–water partition coefficient (Wildman–Crippen LogP) is 0.720. The predicted molar refractivity (Wildman–Crippen MR) is 66.6 cm³/mol. The quantitative estimate of drug-likeness (QED) is 0.850. The molecule has 1 atom stereocenters. The first kappa shape index (κ1) is 11.6. The number of nitrogens with one attached hydrogen (secondary N) is 1. The van der Waals surface area contributed by atoms with Crippen molar-refractivity contribution in [2.75, 3.05) is 6.54 Å². The summed E-state index contributed by atoms with van der Waals surface area (Å²) in [4.78, 5) is 22.3. The number of nitrogens with zero attached hydrogens (tertiary/aromatic N) is 3. The van der Waals surface area contributed by atoms with E-state index in [9.17, 15) is 4.79 Å². The minimum absolute atomic E-state index is 0.0214. The summed E-state index contributed by atoms with van der Waals surface area (Å²) in [5.74, 6) is 0.228. The minimum atomic E-state index is 0.0214. The van der Waals surface area contributed by atoms with Gasteiger partial charge in [0.05, 0.1) is 18.3 Å². The summed E-state index contributed by atoms with van der Waals surface area (Å²) in [6.07, 6.45) is 7.72. The van der Waals surface area contributed by atoms with Gasteiger partial charge in [-0.25, -0.2) is 9.97 Å². The highest BCUT2D eigenvalue weighted by Gasteiger charge is 2.33. The third-order valence-corrected chi connectivity index (χ3v) is 3.54. The van der Waals surface area contributed by atoms with Gasteiger partial charge in [-0.2, -0.15) is 0 Å². The number of amides is 1.